The summed E-state index contributed by atoms with van der Waals surface area (Å²) in [5.74, 6) is 0.401. The van der Waals surface area contributed by atoms with Gasteiger partial charge in [0.05, 0.1) is 0 Å². The average Bonchev–Trinajstić information content (AvgIpc) is 2.13. The highest BCUT2D eigenvalue weighted by Crippen LogP contribution is 2.09. The Labute approximate surface area is 66.1 Å². The predicted molar refractivity (Wildman–Crippen MR) is 40.6 cm³/mol. The van der Waals surface area contributed by atoms with Crippen LogP contribution in [-0.2, 0) is 4.79 Å². The number of anilines is 1. The van der Waals surface area contributed by atoms with E-state index in [-0.39, 0.29) is 5.91 Å². The van der Waals surface area contributed by atoms with E-state index in [4.69, 9.17) is 0 Å². The molecule has 1 aromatic rings. The van der Waals surface area contributed by atoms with E-state index in [1.165, 1.54) is 6.92 Å². The Morgan fingerprint density at radius 1 is 1.90 bits per heavy atom. The second-order valence-electron chi connectivity index (χ2n) is 1.78. The molecule has 2 N–H and O–H groups in total. The molecule has 0 saturated heterocycles. The number of halogens is 1. The zero-order chi connectivity index (χ0) is 7.56. The smallest absolute Gasteiger partial charge is 0.222 e. The summed E-state index contributed by atoms with van der Waals surface area (Å²) in [4.78, 5) is 10.4. The third-order valence-electron chi connectivity index (χ3n) is 0.851. The fraction of sp³-hybridized carbons (Fsp3) is 0.200. The number of carbonyl (C=O) groups is 1. The minimum absolute atomic E-state index is 0.126. The molecule has 54 valence electrons. The van der Waals surface area contributed by atoms with Crippen LogP contribution in [0.2, 0.25) is 0 Å². The molecule has 1 aromatic heterocycles. The van der Waals surface area contributed by atoms with Crippen molar-refractivity contribution in [3.8, 4) is 0 Å². The normalized spacial score (nSPS) is 9.40. The molecule has 1 amide bonds. The van der Waals surface area contributed by atoms with Gasteiger partial charge in [0.2, 0.25) is 5.91 Å². The predicted octanol–water partition coefficient (Wildman–Crippen LogP) is 1.13. The van der Waals surface area contributed by atoms with Crippen LogP contribution in [0.25, 0.3) is 0 Å². The third kappa shape index (κ3) is 1.84. The number of amides is 1. The van der Waals surface area contributed by atoms with Gasteiger partial charge in [-0.15, -0.1) is 0 Å². The largest absolute Gasteiger partial charge is 0.309 e. The van der Waals surface area contributed by atoms with Crippen LogP contribution >= 0.6 is 15.9 Å². The van der Waals surface area contributed by atoms with Gasteiger partial charge in [-0.1, -0.05) is 0 Å². The van der Waals surface area contributed by atoms with Crippen LogP contribution in [0.15, 0.2) is 10.7 Å². The minimum atomic E-state index is -0.126. The van der Waals surface area contributed by atoms with Gasteiger partial charge in [0, 0.05) is 13.0 Å². The highest BCUT2D eigenvalue weighted by atomic mass is 79.9. The van der Waals surface area contributed by atoms with Gasteiger partial charge >= 0.3 is 0 Å². The highest BCUT2D eigenvalue weighted by molar-refractivity contribution is 9.10. The summed E-state index contributed by atoms with van der Waals surface area (Å²) in [7, 11) is 0. The molecule has 0 fully saturated rings. The molecule has 0 atom stereocenters. The Morgan fingerprint density at radius 3 is 3.00 bits per heavy atom. The lowest BCUT2D eigenvalue weighted by Crippen LogP contribution is -2.05. The van der Waals surface area contributed by atoms with Crippen LogP contribution < -0.4 is 5.32 Å². The van der Waals surface area contributed by atoms with E-state index >= 15 is 0 Å². The van der Waals surface area contributed by atoms with Crippen LogP contribution in [0.3, 0.4) is 0 Å². The van der Waals surface area contributed by atoms with Crippen LogP contribution in [-0.4, -0.2) is 16.1 Å². The molecule has 0 aliphatic rings. The molecule has 1 rings (SSSR count). The average molecular weight is 204 g/mol. The maximum Gasteiger partial charge on any atom is 0.222 e. The molecule has 1 heterocycles. The summed E-state index contributed by atoms with van der Waals surface area (Å²) in [6.45, 7) is 1.43. The summed E-state index contributed by atoms with van der Waals surface area (Å²) in [6, 6.07) is 1.68. The number of H-pyrrole nitrogens is 1. The van der Waals surface area contributed by atoms with Gasteiger partial charge in [-0.25, -0.2) is 0 Å². The topological polar surface area (TPSA) is 57.8 Å². The zero-order valence-corrected chi connectivity index (χ0v) is 6.90. The summed E-state index contributed by atoms with van der Waals surface area (Å²) < 4.78 is 0.747. The summed E-state index contributed by atoms with van der Waals surface area (Å²) in [5.41, 5.74) is 0. The fourth-order valence-electron chi connectivity index (χ4n) is 0.543. The molecule has 10 heavy (non-hydrogen) atoms. The molecule has 5 heteroatoms. The number of nitrogens with one attached hydrogen (secondary N) is 2. The van der Waals surface area contributed by atoms with E-state index in [1.807, 2.05) is 0 Å². The van der Waals surface area contributed by atoms with Crippen molar-refractivity contribution >= 4 is 27.7 Å². The lowest BCUT2D eigenvalue weighted by Gasteiger charge is -1.91. The number of carbonyl (C=O) groups excluding carboxylic acids is 1. The zero-order valence-electron chi connectivity index (χ0n) is 5.31. The first-order chi connectivity index (χ1) is 4.68. The van der Waals surface area contributed by atoms with Crippen molar-refractivity contribution < 1.29 is 4.79 Å². The SMILES string of the molecule is CC(=O)Nc1cc(Br)[nH]n1. The Morgan fingerprint density at radius 2 is 2.60 bits per heavy atom. The lowest BCUT2D eigenvalue weighted by molar-refractivity contribution is -0.114. The van der Waals surface area contributed by atoms with Gasteiger partial charge in [-0.05, 0) is 15.9 Å². The van der Waals surface area contributed by atoms with Crippen molar-refractivity contribution in [1.82, 2.24) is 10.2 Å². The summed E-state index contributed by atoms with van der Waals surface area (Å²) in [6.07, 6.45) is 0. The lowest BCUT2D eigenvalue weighted by atomic mass is 10.6. The Balaban J connectivity index is 2.67. The number of aromatic nitrogens is 2. The van der Waals surface area contributed by atoms with Gasteiger partial charge in [0.1, 0.15) is 4.60 Å². The summed E-state index contributed by atoms with van der Waals surface area (Å²) in [5, 5.41) is 8.89. The first kappa shape index (κ1) is 7.27. The first-order valence-electron chi connectivity index (χ1n) is 2.67. The van der Waals surface area contributed by atoms with Gasteiger partial charge in [0.25, 0.3) is 0 Å². The molecular weight excluding hydrogens is 198 g/mol. The Kier molecular flexibility index (Phi) is 2.06. The van der Waals surface area contributed by atoms with Crippen molar-refractivity contribution in [3.05, 3.63) is 10.7 Å². The van der Waals surface area contributed by atoms with Crippen LogP contribution in [0, 0.1) is 0 Å². The third-order valence-corrected chi connectivity index (χ3v) is 1.26. The van der Waals surface area contributed by atoms with Crippen molar-refractivity contribution in [2.24, 2.45) is 0 Å². The van der Waals surface area contributed by atoms with E-state index in [1.54, 1.807) is 6.07 Å². The monoisotopic (exact) mass is 203 g/mol. The maximum absolute atomic E-state index is 10.4. The van der Waals surface area contributed by atoms with Gasteiger partial charge in [-0.2, -0.15) is 5.10 Å². The second kappa shape index (κ2) is 2.83. The minimum Gasteiger partial charge on any atom is -0.309 e. The quantitative estimate of drug-likeness (QED) is 0.720. The molecule has 0 saturated carbocycles. The molecule has 0 aliphatic carbocycles. The van der Waals surface area contributed by atoms with Crippen molar-refractivity contribution in [2.45, 2.75) is 6.92 Å². The molecule has 0 radical (unpaired) electrons. The van der Waals surface area contributed by atoms with Gasteiger partial charge in [0.15, 0.2) is 5.82 Å². The number of hydrogen-bond donors (Lipinski definition) is 2. The Bertz CT molecular complexity index is 245. The van der Waals surface area contributed by atoms with Crippen molar-refractivity contribution in [3.63, 3.8) is 0 Å². The molecule has 4 nitrogen and oxygen atoms in total. The molecule has 0 unspecified atom stereocenters. The number of rotatable bonds is 1. The van der Waals surface area contributed by atoms with Crippen LogP contribution in [0.5, 0.6) is 0 Å². The molecular formula is C5H6BrN3O. The molecule has 0 aliphatic heterocycles. The first-order valence-corrected chi connectivity index (χ1v) is 3.46. The van der Waals surface area contributed by atoms with E-state index in [0.29, 0.717) is 5.82 Å². The molecule has 0 spiro atoms. The van der Waals surface area contributed by atoms with Gasteiger partial charge in [-0.3, -0.25) is 9.89 Å². The standard InChI is InChI=1S/C5H6BrN3O/c1-3(10)7-5-2-4(6)8-9-5/h2H,1H3,(H2,7,8,9,10). The summed E-state index contributed by atoms with van der Waals surface area (Å²) >= 11 is 3.15. The van der Waals surface area contributed by atoms with Gasteiger partial charge < -0.3 is 5.32 Å². The second-order valence-corrected chi connectivity index (χ2v) is 2.64. The maximum atomic E-state index is 10.4. The highest BCUT2D eigenvalue weighted by Gasteiger charge is 1.97. The van der Waals surface area contributed by atoms with E-state index in [0.717, 1.165) is 4.60 Å². The van der Waals surface area contributed by atoms with E-state index in [2.05, 4.69) is 31.4 Å². The van der Waals surface area contributed by atoms with Crippen molar-refractivity contribution in [2.75, 3.05) is 5.32 Å². The number of aromatic amines is 1. The number of hydrogen-bond acceptors (Lipinski definition) is 2. The Hall–Kier alpha value is -0.840. The van der Waals surface area contributed by atoms with Crippen LogP contribution in [0.4, 0.5) is 5.82 Å². The van der Waals surface area contributed by atoms with Crippen LogP contribution in [0.1, 0.15) is 6.92 Å². The molecule has 0 aromatic carbocycles. The van der Waals surface area contributed by atoms with E-state index < -0.39 is 0 Å². The van der Waals surface area contributed by atoms with E-state index in [9.17, 15) is 4.79 Å². The fourth-order valence-corrected chi connectivity index (χ4v) is 0.848. The van der Waals surface area contributed by atoms with Crippen molar-refractivity contribution in [1.29, 1.82) is 0 Å². The molecule has 0 bridgehead atoms. The number of nitrogens with zero attached hydrogens (tertiary/aromatic N) is 1.